The number of hydrogen-bond donors (Lipinski definition) is 1. The number of carbonyl (C=O) groups is 1. The zero-order chi connectivity index (χ0) is 22.4. The van der Waals surface area contributed by atoms with Crippen molar-refractivity contribution in [1.29, 1.82) is 0 Å². The molecule has 0 bridgehead atoms. The summed E-state index contributed by atoms with van der Waals surface area (Å²) in [4.78, 5) is 13.3. The van der Waals surface area contributed by atoms with Gasteiger partial charge in [-0.1, -0.05) is 26.0 Å². The molecule has 1 aromatic carbocycles. The van der Waals surface area contributed by atoms with Crippen molar-refractivity contribution in [3.63, 3.8) is 0 Å². The van der Waals surface area contributed by atoms with Crippen LogP contribution in [-0.2, 0) is 28.5 Å². The van der Waals surface area contributed by atoms with E-state index in [0.717, 1.165) is 6.42 Å². The zero-order valence-corrected chi connectivity index (χ0v) is 19.0. The molecule has 0 unspecified atom stereocenters. The standard InChI is InChI=1S/C23H33NO7/c1-13(2)11-12-26-15-10-8-7-9-14(15)24-20(25)18-16-17(29-22(3,4)28-16)19-21(27-18)31-23(5,6)30-19/h7-10,13,16-19,21H,11-12H2,1-6H3,(H,24,25)/t16-,17+,18+,19-,21-/m1/s1. The second-order valence-corrected chi connectivity index (χ2v) is 9.61. The minimum Gasteiger partial charge on any atom is -0.491 e. The predicted molar refractivity (Wildman–Crippen MR) is 113 cm³/mol. The number of para-hydroxylation sites is 2. The van der Waals surface area contributed by atoms with E-state index in [0.29, 0.717) is 24.0 Å². The maximum Gasteiger partial charge on any atom is 0.256 e. The van der Waals surface area contributed by atoms with Gasteiger partial charge >= 0.3 is 0 Å². The molecule has 0 aromatic heterocycles. The van der Waals surface area contributed by atoms with Gasteiger partial charge < -0.3 is 33.7 Å². The molecule has 8 heteroatoms. The van der Waals surface area contributed by atoms with Crippen LogP contribution in [0, 0.1) is 5.92 Å². The van der Waals surface area contributed by atoms with Crippen molar-refractivity contribution < 1.29 is 33.2 Å². The van der Waals surface area contributed by atoms with Gasteiger partial charge in [0.2, 0.25) is 0 Å². The molecule has 5 atom stereocenters. The minimum absolute atomic E-state index is 0.344. The van der Waals surface area contributed by atoms with E-state index in [1.54, 1.807) is 6.07 Å². The van der Waals surface area contributed by atoms with Gasteiger partial charge in [0.15, 0.2) is 24.0 Å². The van der Waals surface area contributed by atoms with E-state index < -0.39 is 42.3 Å². The van der Waals surface area contributed by atoms with E-state index in [9.17, 15) is 4.79 Å². The molecule has 3 aliphatic heterocycles. The Morgan fingerprint density at radius 1 is 1.00 bits per heavy atom. The maximum atomic E-state index is 13.3. The molecule has 3 fully saturated rings. The number of nitrogens with one attached hydrogen (secondary N) is 1. The first-order chi connectivity index (χ1) is 14.5. The predicted octanol–water partition coefficient (Wildman–Crippen LogP) is 3.45. The summed E-state index contributed by atoms with van der Waals surface area (Å²) in [6, 6.07) is 7.37. The summed E-state index contributed by atoms with van der Waals surface area (Å²) in [7, 11) is 0. The number of benzene rings is 1. The van der Waals surface area contributed by atoms with Crippen LogP contribution < -0.4 is 10.1 Å². The molecule has 1 amide bonds. The summed E-state index contributed by atoms with van der Waals surface area (Å²) >= 11 is 0. The first kappa shape index (κ1) is 22.5. The van der Waals surface area contributed by atoms with Crippen LogP contribution in [0.1, 0.15) is 48.0 Å². The quantitative estimate of drug-likeness (QED) is 0.733. The van der Waals surface area contributed by atoms with Gasteiger partial charge in [0.05, 0.1) is 12.3 Å². The van der Waals surface area contributed by atoms with Crippen LogP contribution in [0.5, 0.6) is 5.75 Å². The molecule has 0 radical (unpaired) electrons. The summed E-state index contributed by atoms with van der Waals surface area (Å²) in [5.41, 5.74) is 0.584. The fraction of sp³-hybridized carbons (Fsp3) is 0.696. The summed E-state index contributed by atoms with van der Waals surface area (Å²) < 4.78 is 35.9. The SMILES string of the molecule is CC(C)CCOc1ccccc1NC(=O)[C@H]1O[C@@H]2OC(C)(C)O[C@@H]2[C@H]2OC(C)(C)O[C@H]21. The van der Waals surface area contributed by atoms with E-state index in [1.165, 1.54) is 0 Å². The lowest BCUT2D eigenvalue weighted by atomic mass is 9.98. The second-order valence-electron chi connectivity index (χ2n) is 9.61. The number of ether oxygens (including phenoxy) is 6. The number of carbonyl (C=O) groups excluding carboxylic acids is 1. The molecule has 3 heterocycles. The fourth-order valence-electron chi connectivity index (χ4n) is 4.13. The molecule has 3 aliphatic rings. The van der Waals surface area contributed by atoms with Gasteiger partial charge in [-0.05, 0) is 52.2 Å². The third-order valence-corrected chi connectivity index (χ3v) is 5.51. The van der Waals surface area contributed by atoms with Crippen molar-refractivity contribution in [1.82, 2.24) is 0 Å². The Balaban J connectivity index is 1.51. The molecule has 0 aliphatic carbocycles. The average molecular weight is 436 g/mol. The lowest BCUT2D eigenvalue weighted by Gasteiger charge is -2.36. The van der Waals surface area contributed by atoms with Gasteiger partial charge in [-0.15, -0.1) is 0 Å². The van der Waals surface area contributed by atoms with Crippen LogP contribution in [0.15, 0.2) is 24.3 Å². The van der Waals surface area contributed by atoms with Gasteiger partial charge in [0.25, 0.3) is 5.91 Å². The van der Waals surface area contributed by atoms with Crippen LogP contribution in [-0.4, -0.2) is 54.8 Å². The number of rotatable bonds is 6. The molecule has 8 nitrogen and oxygen atoms in total. The van der Waals surface area contributed by atoms with E-state index in [2.05, 4.69) is 19.2 Å². The molecule has 1 N–H and O–H groups in total. The third kappa shape index (κ3) is 4.88. The molecular weight excluding hydrogens is 402 g/mol. The van der Waals surface area contributed by atoms with Crippen molar-refractivity contribution in [3.05, 3.63) is 24.3 Å². The van der Waals surface area contributed by atoms with Gasteiger partial charge in [-0.25, -0.2) is 0 Å². The Labute approximate surface area is 183 Å². The van der Waals surface area contributed by atoms with Crippen LogP contribution >= 0.6 is 0 Å². The smallest absolute Gasteiger partial charge is 0.256 e. The number of anilines is 1. The molecule has 172 valence electrons. The first-order valence-corrected chi connectivity index (χ1v) is 10.9. The van der Waals surface area contributed by atoms with E-state index in [-0.39, 0.29) is 5.91 Å². The van der Waals surface area contributed by atoms with Crippen molar-refractivity contribution in [3.8, 4) is 5.75 Å². The normalized spacial score (nSPS) is 33.1. The highest BCUT2D eigenvalue weighted by molar-refractivity contribution is 5.96. The molecule has 0 saturated carbocycles. The molecule has 4 rings (SSSR count). The minimum atomic E-state index is -0.922. The number of amides is 1. The topological polar surface area (TPSA) is 84.5 Å². The van der Waals surface area contributed by atoms with Crippen molar-refractivity contribution >= 4 is 11.6 Å². The Kier molecular flexibility index (Phi) is 6.04. The average Bonchev–Trinajstić information content (AvgIpc) is 3.15. The van der Waals surface area contributed by atoms with Gasteiger partial charge in [0, 0.05) is 0 Å². The molecule has 0 spiro atoms. The Hall–Kier alpha value is -1.71. The maximum absolute atomic E-state index is 13.3. The third-order valence-electron chi connectivity index (χ3n) is 5.51. The monoisotopic (exact) mass is 435 g/mol. The molecular formula is C23H33NO7. The number of hydrogen-bond acceptors (Lipinski definition) is 7. The highest BCUT2D eigenvalue weighted by Crippen LogP contribution is 2.44. The van der Waals surface area contributed by atoms with E-state index >= 15 is 0 Å². The summed E-state index contributed by atoms with van der Waals surface area (Å²) in [5.74, 6) is -0.892. The van der Waals surface area contributed by atoms with Gasteiger partial charge in [-0.3, -0.25) is 4.79 Å². The van der Waals surface area contributed by atoms with E-state index in [4.69, 9.17) is 28.4 Å². The lowest BCUT2D eigenvalue weighted by Crippen LogP contribution is -2.58. The van der Waals surface area contributed by atoms with Crippen LogP contribution in [0.3, 0.4) is 0 Å². The first-order valence-electron chi connectivity index (χ1n) is 10.9. The second kappa shape index (κ2) is 8.33. The zero-order valence-electron chi connectivity index (χ0n) is 19.0. The van der Waals surface area contributed by atoms with Crippen LogP contribution in [0.2, 0.25) is 0 Å². The van der Waals surface area contributed by atoms with Crippen LogP contribution in [0.25, 0.3) is 0 Å². The fourth-order valence-corrected chi connectivity index (χ4v) is 4.13. The Morgan fingerprint density at radius 2 is 1.65 bits per heavy atom. The number of fused-ring (bicyclic) bond motifs is 3. The van der Waals surface area contributed by atoms with Crippen molar-refractivity contribution in [2.24, 2.45) is 5.92 Å². The lowest BCUT2D eigenvalue weighted by molar-refractivity contribution is -0.229. The van der Waals surface area contributed by atoms with Crippen LogP contribution in [0.4, 0.5) is 5.69 Å². The summed E-state index contributed by atoms with van der Waals surface area (Å²) in [6.07, 6.45) is -2.30. The molecule has 3 saturated heterocycles. The molecule has 31 heavy (non-hydrogen) atoms. The van der Waals surface area contributed by atoms with Crippen molar-refractivity contribution in [2.75, 3.05) is 11.9 Å². The summed E-state index contributed by atoms with van der Waals surface area (Å²) in [5, 5.41) is 2.94. The van der Waals surface area contributed by atoms with Crippen molar-refractivity contribution in [2.45, 2.75) is 90.2 Å². The Morgan fingerprint density at radius 3 is 2.39 bits per heavy atom. The summed E-state index contributed by atoms with van der Waals surface area (Å²) in [6.45, 7) is 12.1. The highest BCUT2D eigenvalue weighted by atomic mass is 16.9. The van der Waals surface area contributed by atoms with Gasteiger partial charge in [-0.2, -0.15) is 0 Å². The van der Waals surface area contributed by atoms with Gasteiger partial charge in [0.1, 0.15) is 24.1 Å². The van der Waals surface area contributed by atoms with E-state index in [1.807, 2.05) is 45.9 Å². The largest absolute Gasteiger partial charge is 0.491 e. The molecule has 1 aromatic rings. The highest BCUT2D eigenvalue weighted by Gasteiger charge is 2.62. The Bertz CT molecular complexity index is 809.